The lowest BCUT2D eigenvalue weighted by molar-refractivity contribution is -0.107. The number of rotatable bonds is 5. The Bertz CT molecular complexity index is 490. The molecular formula is C13H13NO2S. The van der Waals surface area contributed by atoms with E-state index < -0.39 is 0 Å². The van der Waals surface area contributed by atoms with Crippen LogP contribution in [0.5, 0.6) is 5.75 Å². The zero-order valence-corrected chi connectivity index (χ0v) is 10.4. The van der Waals surface area contributed by atoms with E-state index in [-0.39, 0.29) is 0 Å². The van der Waals surface area contributed by atoms with E-state index >= 15 is 0 Å². The maximum absolute atomic E-state index is 10.3. The Labute approximate surface area is 104 Å². The number of nitrogens with zero attached hydrogens (tertiary/aromatic N) is 1. The van der Waals surface area contributed by atoms with Gasteiger partial charge in [-0.25, -0.2) is 4.98 Å². The van der Waals surface area contributed by atoms with Gasteiger partial charge in [0.2, 0.25) is 0 Å². The van der Waals surface area contributed by atoms with Crippen LogP contribution in [0.2, 0.25) is 0 Å². The van der Waals surface area contributed by atoms with E-state index in [0.29, 0.717) is 6.42 Å². The van der Waals surface area contributed by atoms with Crippen molar-refractivity contribution in [2.45, 2.75) is 12.8 Å². The van der Waals surface area contributed by atoms with Crippen LogP contribution in [-0.4, -0.2) is 18.4 Å². The molecule has 0 aliphatic rings. The van der Waals surface area contributed by atoms with Crippen LogP contribution >= 0.6 is 11.3 Å². The van der Waals surface area contributed by atoms with Gasteiger partial charge in [-0.05, 0) is 24.3 Å². The number of benzene rings is 1. The monoisotopic (exact) mass is 247 g/mol. The Kier molecular flexibility index (Phi) is 3.88. The number of carbonyl (C=O) groups is 1. The van der Waals surface area contributed by atoms with Gasteiger partial charge in [-0.2, -0.15) is 0 Å². The molecule has 1 heterocycles. The third kappa shape index (κ3) is 2.91. The lowest BCUT2D eigenvalue weighted by Crippen LogP contribution is -1.86. The number of aryl methyl sites for hydroxylation is 1. The van der Waals surface area contributed by atoms with Crippen LogP contribution in [0, 0.1) is 0 Å². The molecule has 88 valence electrons. The van der Waals surface area contributed by atoms with Crippen LogP contribution in [0.4, 0.5) is 0 Å². The fraction of sp³-hybridized carbons (Fsp3) is 0.231. The maximum atomic E-state index is 10.3. The van der Waals surface area contributed by atoms with E-state index in [0.717, 1.165) is 34.7 Å². The number of thiazole rings is 1. The van der Waals surface area contributed by atoms with Crippen molar-refractivity contribution < 1.29 is 9.53 Å². The predicted molar refractivity (Wildman–Crippen MR) is 68.5 cm³/mol. The van der Waals surface area contributed by atoms with Crippen LogP contribution in [0.15, 0.2) is 29.6 Å². The summed E-state index contributed by atoms with van der Waals surface area (Å²) in [7, 11) is 1.65. The van der Waals surface area contributed by atoms with E-state index in [4.69, 9.17) is 4.74 Å². The van der Waals surface area contributed by atoms with Crippen LogP contribution < -0.4 is 4.74 Å². The number of hydrogen-bond donors (Lipinski definition) is 0. The number of aldehydes is 1. The molecule has 0 saturated heterocycles. The van der Waals surface area contributed by atoms with Crippen molar-refractivity contribution in [1.29, 1.82) is 0 Å². The number of methoxy groups -OCH3 is 1. The molecule has 0 radical (unpaired) electrons. The highest BCUT2D eigenvalue weighted by atomic mass is 32.1. The molecule has 1 aromatic carbocycles. The molecular weight excluding hydrogens is 234 g/mol. The van der Waals surface area contributed by atoms with Gasteiger partial charge < -0.3 is 9.53 Å². The Morgan fingerprint density at radius 1 is 1.35 bits per heavy atom. The largest absolute Gasteiger partial charge is 0.497 e. The van der Waals surface area contributed by atoms with Gasteiger partial charge in [0.05, 0.1) is 17.8 Å². The quantitative estimate of drug-likeness (QED) is 0.762. The molecule has 0 N–H and O–H groups in total. The van der Waals surface area contributed by atoms with Crippen molar-refractivity contribution in [3.05, 3.63) is 34.7 Å². The fourth-order valence-corrected chi connectivity index (χ4v) is 2.33. The summed E-state index contributed by atoms with van der Waals surface area (Å²) in [6, 6.07) is 7.80. The Morgan fingerprint density at radius 3 is 2.76 bits per heavy atom. The van der Waals surface area contributed by atoms with Crippen LogP contribution in [0.1, 0.15) is 11.4 Å². The van der Waals surface area contributed by atoms with E-state index in [1.54, 1.807) is 18.4 Å². The lowest BCUT2D eigenvalue weighted by Gasteiger charge is -2.00. The van der Waals surface area contributed by atoms with Gasteiger partial charge in [-0.15, -0.1) is 11.3 Å². The first-order valence-electron chi connectivity index (χ1n) is 5.36. The second-order valence-corrected chi connectivity index (χ2v) is 4.50. The SMILES string of the molecule is COc1ccc(-c2csc(CCC=O)n2)cc1. The molecule has 4 heteroatoms. The van der Waals surface area contributed by atoms with E-state index in [2.05, 4.69) is 4.98 Å². The molecule has 3 nitrogen and oxygen atoms in total. The Hall–Kier alpha value is -1.68. The number of hydrogen-bond acceptors (Lipinski definition) is 4. The maximum Gasteiger partial charge on any atom is 0.120 e. The molecule has 17 heavy (non-hydrogen) atoms. The first-order valence-corrected chi connectivity index (χ1v) is 6.24. The average Bonchev–Trinajstić information content (AvgIpc) is 2.85. The minimum Gasteiger partial charge on any atom is -0.497 e. The summed E-state index contributed by atoms with van der Waals surface area (Å²) in [5.74, 6) is 0.838. The standard InChI is InChI=1S/C13H13NO2S/c1-16-11-6-4-10(5-7-11)12-9-17-13(14-12)3-2-8-15/h4-9H,2-3H2,1H3. The van der Waals surface area contributed by atoms with Gasteiger partial charge in [-0.3, -0.25) is 0 Å². The van der Waals surface area contributed by atoms with Crippen molar-refractivity contribution >= 4 is 17.6 Å². The summed E-state index contributed by atoms with van der Waals surface area (Å²) in [6.45, 7) is 0. The second-order valence-electron chi connectivity index (χ2n) is 3.56. The fourth-order valence-electron chi connectivity index (χ4n) is 1.50. The molecule has 0 amide bonds. The predicted octanol–water partition coefficient (Wildman–Crippen LogP) is 2.95. The summed E-state index contributed by atoms with van der Waals surface area (Å²) in [5.41, 5.74) is 2.03. The third-order valence-corrected chi connectivity index (χ3v) is 3.32. The number of carbonyl (C=O) groups excluding carboxylic acids is 1. The zero-order chi connectivity index (χ0) is 12.1. The Morgan fingerprint density at radius 2 is 2.12 bits per heavy atom. The molecule has 1 aromatic heterocycles. The highest BCUT2D eigenvalue weighted by Crippen LogP contribution is 2.24. The molecule has 0 fully saturated rings. The minimum absolute atomic E-state index is 0.537. The van der Waals surface area contributed by atoms with E-state index in [1.165, 1.54) is 0 Å². The summed E-state index contributed by atoms with van der Waals surface area (Å²) >= 11 is 1.59. The smallest absolute Gasteiger partial charge is 0.120 e. The van der Waals surface area contributed by atoms with Gasteiger partial charge in [0.15, 0.2) is 0 Å². The molecule has 0 bridgehead atoms. The molecule has 2 rings (SSSR count). The molecule has 0 saturated carbocycles. The van der Waals surface area contributed by atoms with Crippen molar-refractivity contribution in [3.8, 4) is 17.0 Å². The van der Waals surface area contributed by atoms with Crippen LogP contribution in [0.25, 0.3) is 11.3 Å². The molecule has 0 spiro atoms. The van der Waals surface area contributed by atoms with Gasteiger partial charge >= 0.3 is 0 Å². The highest BCUT2D eigenvalue weighted by Gasteiger charge is 2.04. The number of aromatic nitrogens is 1. The molecule has 2 aromatic rings. The third-order valence-electron chi connectivity index (χ3n) is 2.41. The molecule has 0 aliphatic heterocycles. The van der Waals surface area contributed by atoms with Gasteiger partial charge in [0.1, 0.15) is 12.0 Å². The lowest BCUT2D eigenvalue weighted by atomic mass is 10.2. The summed E-state index contributed by atoms with van der Waals surface area (Å²) < 4.78 is 5.11. The van der Waals surface area contributed by atoms with Crippen molar-refractivity contribution in [2.75, 3.05) is 7.11 Å². The summed E-state index contributed by atoms with van der Waals surface area (Å²) in [4.78, 5) is 14.8. The van der Waals surface area contributed by atoms with Gasteiger partial charge in [0.25, 0.3) is 0 Å². The topological polar surface area (TPSA) is 39.2 Å². The highest BCUT2D eigenvalue weighted by molar-refractivity contribution is 7.09. The van der Waals surface area contributed by atoms with E-state index in [9.17, 15) is 4.79 Å². The van der Waals surface area contributed by atoms with Crippen molar-refractivity contribution in [3.63, 3.8) is 0 Å². The molecule has 0 unspecified atom stereocenters. The second kappa shape index (κ2) is 5.59. The Balaban J connectivity index is 2.15. The van der Waals surface area contributed by atoms with Crippen molar-refractivity contribution in [2.24, 2.45) is 0 Å². The minimum atomic E-state index is 0.537. The van der Waals surface area contributed by atoms with Gasteiger partial charge in [0, 0.05) is 23.8 Å². The summed E-state index contributed by atoms with van der Waals surface area (Å²) in [6.07, 6.45) is 2.19. The molecule has 0 aliphatic carbocycles. The normalized spacial score (nSPS) is 10.2. The van der Waals surface area contributed by atoms with Crippen molar-refractivity contribution in [1.82, 2.24) is 4.98 Å². The molecule has 0 atom stereocenters. The zero-order valence-electron chi connectivity index (χ0n) is 9.55. The van der Waals surface area contributed by atoms with Crippen LogP contribution in [0.3, 0.4) is 0 Å². The van der Waals surface area contributed by atoms with Crippen LogP contribution in [-0.2, 0) is 11.2 Å². The van der Waals surface area contributed by atoms with Gasteiger partial charge in [-0.1, -0.05) is 0 Å². The first-order chi connectivity index (χ1) is 8.33. The number of ether oxygens (including phenoxy) is 1. The summed E-state index contributed by atoms with van der Waals surface area (Å²) in [5, 5.41) is 3.02. The average molecular weight is 247 g/mol. The van der Waals surface area contributed by atoms with E-state index in [1.807, 2.05) is 29.6 Å². The first kappa shape index (κ1) is 11.8.